The standard InChI is InChI=1S/C28H28ClF3N3O4P/c1-3-34-16-23-18(5-4-6-24(23)29)8-7-17(2)35(39-40(37)38)15-20-10-9-19(11-27(20)34)28(36)33-14-22-25(31)12-21(30)13-26(22)32/h3-6,9-13,17,37-38H,1,7-8,14-16H2,2H3,(H,33,36). The lowest BCUT2D eigenvalue weighted by Crippen LogP contribution is -2.32. The number of fused-ring (bicyclic) bond motifs is 2. The van der Waals surface area contributed by atoms with Gasteiger partial charge in [-0.1, -0.05) is 36.4 Å². The fourth-order valence-electron chi connectivity index (χ4n) is 4.59. The van der Waals surface area contributed by atoms with Crippen LogP contribution in [0.4, 0.5) is 18.9 Å². The van der Waals surface area contributed by atoms with Gasteiger partial charge >= 0.3 is 8.60 Å². The summed E-state index contributed by atoms with van der Waals surface area (Å²) >= 11 is 6.59. The van der Waals surface area contributed by atoms with Crippen LogP contribution in [0, 0.1) is 17.5 Å². The second kappa shape index (κ2) is 13.1. The van der Waals surface area contributed by atoms with E-state index in [9.17, 15) is 27.8 Å². The van der Waals surface area contributed by atoms with Crippen molar-refractivity contribution in [2.24, 2.45) is 0 Å². The molecule has 4 rings (SSSR count). The average Bonchev–Trinajstić information content (AvgIpc) is 2.91. The summed E-state index contributed by atoms with van der Waals surface area (Å²) in [6.07, 6.45) is 2.88. The van der Waals surface area contributed by atoms with E-state index in [4.69, 9.17) is 16.2 Å². The second-order valence-electron chi connectivity index (χ2n) is 9.36. The number of hydrogen-bond donors (Lipinski definition) is 3. The van der Waals surface area contributed by atoms with Crippen LogP contribution in [0.15, 0.2) is 61.3 Å². The summed E-state index contributed by atoms with van der Waals surface area (Å²) in [5, 5.41) is 4.53. The smallest absolute Gasteiger partial charge is 0.345 e. The van der Waals surface area contributed by atoms with Gasteiger partial charge in [-0.15, -0.1) is 0 Å². The first-order chi connectivity index (χ1) is 19.1. The third-order valence-corrected chi connectivity index (χ3v) is 7.49. The SMILES string of the molecule is C=CN1Cc2c(Cl)cccc2CCC(C)N(OP(O)O)Cc2ccc(C(=O)NCc3c(F)cc(F)cc3F)cc21. The van der Waals surface area contributed by atoms with Crippen LogP contribution in [-0.2, 0) is 30.7 Å². The molecule has 40 heavy (non-hydrogen) atoms. The number of hydrogen-bond acceptors (Lipinski definition) is 6. The number of carbonyl (C=O) groups is 1. The number of nitrogens with zero attached hydrogens (tertiary/aromatic N) is 2. The molecule has 3 N–H and O–H groups in total. The molecule has 1 unspecified atom stereocenters. The Bertz CT molecular complexity index is 1390. The molecule has 1 aliphatic heterocycles. The predicted octanol–water partition coefficient (Wildman–Crippen LogP) is 6.12. The number of anilines is 1. The highest BCUT2D eigenvalue weighted by molar-refractivity contribution is 7.39. The Morgan fingerprint density at radius 3 is 2.55 bits per heavy atom. The van der Waals surface area contributed by atoms with Crippen molar-refractivity contribution < 1.29 is 32.4 Å². The molecule has 0 radical (unpaired) electrons. The quantitative estimate of drug-likeness (QED) is 0.299. The van der Waals surface area contributed by atoms with Crippen molar-refractivity contribution in [2.45, 2.75) is 45.4 Å². The van der Waals surface area contributed by atoms with Crippen LogP contribution in [0.25, 0.3) is 0 Å². The lowest BCUT2D eigenvalue weighted by molar-refractivity contribution is -0.108. The Morgan fingerprint density at radius 1 is 1.15 bits per heavy atom. The zero-order valence-electron chi connectivity index (χ0n) is 21.6. The monoisotopic (exact) mass is 593 g/mol. The largest absolute Gasteiger partial charge is 0.348 e. The van der Waals surface area contributed by atoms with Crippen LogP contribution in [0.1, 0.15) is 46.0 Å². The number of rotatable bonds is 6. The van der Waals surface area contributed by atoms with Gasteiger partial charge in [-0.2, -0.15) is 5.06 Å². The molecule has 1 heterocycles. The highest BCUT2D eigenvalue weighted by Gasteiger charge is 2.25. The molecule has 0 aromatic heterocycles. The molecule has 212 valence electrons. The van der Waals surface area contributed by atoms with Gasteiger partial charge in [0.05, 0.1) is 6.54 Å². The summed E-state index contributed by atoms with van der Waals surface area (Å²) in [5.41, 5.74) is 2.86. The molecule has 0 saturated heterocycles. The minimum atomic E-state index is -2.68. The maximum Gasteiger partial charge on any atom is 0.345 e. The van der Waals surface area contributed by atoms with Gasteiger partial charge in [0.25, 0.3) is 5.91 Å². The molecule has 1 atom stereocenters. The molecular formula is C28H28ClF3N3O4P. The molecular weight excluding hydrogens is 566 g/mol. The molecule has 0 fully saturated rings. The van der Waals surface area contributed by atoms with Crippen LogP contribution in [0.2, 0.25) is 5.02 Å². The molecule has 0 saturated carbocycles. The van der Waals surface area contributed by atoms with E-state index >= 15 is 0 Å². The van der Waals surface area contributed by atoms with Crippen molar-refractivity contribution in [3.05, 3.63) is 112 Å². The number of benzene rings is 3. The number of carbonyl (C=O) groups excluding carboxylic acids is 1. The van der Waals surface area contributed by atoms with E-state index in [0.717, 1.165) is 11.1 Å². The maximum absolute atomic E-state index is 14.1. The van der Waals surface area contributed by atoms with Crippen LogP contribution in [-0.4, -0.2) is 26.8 Å². The van der Waals surface area contributed by atoms with Gasteiger partial charge in [-0.3, -0.25) is 4.79 Å². The lowest BCUT2D eigenvalue weighted by atomic mass is 10.00. The first kappa shape index (κ1) is 30.0. The van der Waals surface area contributed by atoms with Gasteiger partial charge in [0.15, 0.2) is 0 Å². The van der Waals surface area contributed by atoms with Crippen LogP contribution < -0.4 is 10.2 Å². The minimum Gasteiger partial charge on any atom is -0.348 e. The van der Waals surface area contributed by atoms with Gasteiger partial charge in [0.1, 0.15) is 17.5 Å². The number of amides is 1. The summed E-state index contributed by atoms with van der Waals surface area (Å²) in [6.45, 7) is 5.85. The Balaban J connectivity index is 1.72. The van der Waals surface area contributed by atoms with E-state index in [-0.39, 0.29) is 18.2 Å². The molecule has 1 aliphatic rings. The third kappa shape index (κ3) is 7.01. The third-order valence-electron chi connectivity index (χ3n) is 6.78. The highest BCUT2D eigenvalue weighted by atomic mass is 35.5. The highest BCUT2D eigenvalue weighted by Crippen LogP contribution is 2.35. The summed E-state index contributed by atoms with van der Waals surface area (Å²) in [7, 11) is -2.68. The van der Waals surface area contributed by atoms with E-state index in [1.165, 1.54) is 11.1 Å². The molecule has 0 aliphatic carbocycles. The fourth-order valence-corrected chi connectivity index (χ4v) is 5.25. The second-order valence-corrected chi connectivity index (χ2v) is 10.4. The van der Waals surface area contributed by atoms with E-state index in [0.29, 0.717) is 47.8 Å². The van der Waals surface area contributed by atoms with Crippen molar-refractivity contribution >= 4 is 31.8 Å². The number of aryl methyl sites for hydroxylation is 1. The molecule has 1 amide bonds. The molecule has 0 bridgehead atoms. The molecule has 0 spiro atoms. The summed E-state index contributed by atoms with van der Waals surface area (Å²) in [6, 6.07) is 11.3. The molecule has 12 heteroatoms. The van der Waals surface area contributed by atoms with Gasteiger partial charge < -0.3 is 20.0 Å². The van der Waals surface area contributed by atoms with Gasteiger partial charge in [0, 0.05) is 53.1 Å². The molecule has 7 nitrogen and oxygen atoms in total. The summed E-state index contributed by atoms with van der Waals surface area (Å²) in [4.78, 5) is 34.1. The van der Waals surface area contributed by atoms with Crippen molar-refractivity contribution in [1.29, 1.82) is 0 Å². The van der Waals surface area contributed by atoms with E-state index < -0.39 is 44.1 Å². The fraction of sp³-hybridized carbons (Fsp3) is 0.250. The van der Waals surface area contributed by atoms with Crippen molar-refractivity contribution in [3.8, 4) is 0 Å². The van der Waals surface area contributed by atoms with Gasteiger partial charge in [-0.25, -0.2) is 17.8 Å². The first-order valence-electron chi connectivity index (χ1n) is 12.4. The van der Waals surface area contributed by atoms with Crippen molar-refractivity contribution in [3.63, 3.8) is 0 Å². The van der Waals surface area contributed by atoms with Crippen LogP contribution in [0.5, 0.6) is 0 Å². The van der Waals surface area contributed by atoms with Crippen LogP contribution in [0.3, 0.4) is 0 Å². The Labute approximate surface area is 236 Å². The van der Waals surface area contributed by atoms with Gasteiger partial charge in [-0.05, 0) is 60.9 Å². The number of halogens is 4. The van der Waals surface area contributed by atoms with E-state index in [2.05, 4.69) is 11.9 Å². The number of nitrogens with one attached hydrogen (secondary N) is 1. The van der Waals surface area contributed by atoms with Crippen molar-refractivity contribution in [1.82, 2.24) is 10.4 Å². The normalized spacial score (nSPS) is 16.2. The zero-order chi connectivity index (χ0) is 29.0. The predicted molar refractivity (Wildman–Crippen MR) is 148 cm³/mol. The summed E-state index contributed by atoms with van der Waals surface area (Å²) in [5.74, 6) is -3.87. The maximum atomic E-state index is 14.1. The lowest BCUT2D eigenvalue weighted by Gasteiger charge is -2.30. The summed E-state index contributed by atoms with van der Waals surface area (Å²) < 4.78 is 46.8. The Morgan fingerprint density at radius 2 is 1.88 bits per heavy atom. The number of hydroxylamine groups is 2. The average molecular weight is 594 g/mol. The zero-order valence-corrected chi connectivity index (χ0v) is 23.2. The van der Waals surface area contributed by atoms with Crippen molar-refractivity contribution in [2.75, 3.05) is 4.90 Å². The van der Waals surface area contributed by atoms with Gasteiger partial charge in [0.2, 0.25) is 0 Å². The van der Waals surface area contributed by atoms with E-state index in [1.54, 1.807) is 24.4 Å². The molecule has 3 aromatic rings. The minimum absolute atomic E-state index is 0.152. The Kier molecular flexibility index (Phi) is 9.84. The topological polar surface area (TPSA) is 85.3 Å². The van der Waals surface area contributed by atoms with E-state index in [1.807, 2.05) is 24.0 Å². The first-order valence-corrected chi connectivity index (χ1v) is 13.9. The molecule has 3 aromatic carbocycles. The Hall–Kier alpha value is -2.98. The van der Waals surface area contributed by atoms with Crippen LogP contribution >= 0.6 is 20.2 Å².